The molecule has 0 bridgehead atoms. The average Bonchev–Trinajstić information content (AvgIpc) is 2.88. The second kappa shape index (κ2) is 9.18. The summed E-state index contributed by atoms with van der Waals surface area (Å²) in [6, 6.07) is 22.4. The highest BCUT2D eigenvalue weighted by Crippen LogP contribution is 2.47. The number of methoxy groups -OCH3 is 1. The largest absolute Gasteiger partial charge is 0.508 e. The van der Waals surface area contributed by atoms with Crippen molar-refractivity contribution in [2.24, 2.45) is 5.92 Å². The molecule has 2 aliphatic rings. The van der Waals surface area contributed by atoms with Gasteiger partial charge in [-0.1, -0.05) is 30.3 Å². The number of phenols is 1. The van der Waals surface area contributed by atoms with Gasteiger partial charge >= 0.3 is 0 Å². The molecule has 33 heavy (non-hydrogen) atoms. The Hall–Kier alpha value is -3.47. The van der Waals surface area contributed by atoms with E-state index in [-0.39, 0.29) is 23.5 Å². The first-order valence-corrected chi connectivity index (χ1v) is 11.6. The summed E-state index contributed by atoms with van der Waals surface area (Å²) in [6.45, 7) is 2.35. The summed E-state index contributed by atoms with van der Waals surface area (Å²) in [5.74, 6) is 2.18. The maximum Gasteiger partial charge on any atom is 0.126 e. The molecule has 2 heterocycles. The fourth-order valence-electron chi connectivity index (χ4n) is 5.16. The predicted octanol–water partition coefficient (Wildman–Crippen LogP) is 5.12. The molecule has 3 aromatic carbocycles. The third-order valence-corrected chi connectivity index (χ3v) is 7.02. The Labute approximate surface area is 194 Å². The van der Waals surface area contributed by atoms with Gasteiger partial charge in [0, 0.05) is 48.2 Å². The van der Waals surface area contributed by atoms with Crippen LogP contribution in [0.4, 0.5) is 5.69 Å². The van der Waals surface area contributed by atoms with Gasteiger partial charge < -0.3 is 24.3 Å². The predicted molar refractivity (Wildman–Crippen MR) is 129 cm³/mol. The van der Waals surface area contributed by atoms with Gasteiger partial charge in [0.1, 0.15) is 23.5 Å². The van der Waals surface area contributed by atoms with Crippen molar-refractivity contribution in [2.45, 2.75) is 24.7 Å². The van der Waals surface area contributed by atoms with Crippen LogP contribution in [0, 0.1) is 5.92 Å². The summed E-state index contributed by atoms with van der Waals surface area (Å²) in [7, 11) is 1.68. The average molecular weight is 444 g/mol. The molecular weight excluding hydrogens is 414 g/mol. The number of carbonyl (C=O) groups is 1. The van der Waals surface area contributed by atoms with Crippen molar-refractivity contribution in [1.29, 1.82) is 0 Å². The van der Waals surface area contributed by atoms with Crippen molar-refractivity contribution in [1.82, 2.24) is 0 Å². The minimum absolute atomic E-state index is 0.0938. The Bertz CT molecular complexity index is 1120. The second-order valence-corrected chi connectivity index (χ2v) is 8.95. The van der Waals surface area contributed by atoms with Crippen LogP contribution in [-0.2, 0) is 4.79 Å². The topological polar surface area (TPSA) is 59.0 Å². The number of hydrogen-bond donors (Lipinski definition) is 1. The number of anilines is 1. The lowest BCUT2D eigenvalue weighted by Crippen LogP contribution is -2.34. The van der Waals surface area contributed by atoms with Gasteiger partial charge in [-0.3, -0.25) is 0 Å². The van der Waals surface area contributed by atoms with Gasteiger partial charge in [0.15, 0.2) is 0 Å². The summed E-state index contributed by atoms with van der Waals surface area (Å²) >= 11 is 0. The van der Waals surface area contributed by atoms with Crippen molar-refractivity contribution >= 4 is 12.0 Å². The lowest BCUT2D eigenvalue weighted by molar-refractivity contribution is -0.111. The zero-order valence-corrected chi connectivity index (χ0v) is 18.8. The van der Waals surface area contributed by atoms with Crippen LogP contribution in [0.15, 0.2) is 66.7 Å². The number of ether oxygens (including phenoxy) is 2. The summed E-state index contributed by atoms with van der Waals surface area (Å²) in [4.78, 5) is 13.4. The lowest BCUT2D eigenvalue weighted by atomic mass is 9.76. The van der Waals surface area contributed by atoms with Crippen LogP contribution in [0.5, 0.6) is 17.2 Å². The van der Waals surface area contributed by atoms with Gasteiger partial charge in [-0.05, 0) is 54.3 Å². The van der Waals surface area contributed by atoms with Gasteiger partial charge in [-0.2, -0.15) is 0 Å². The van der Waals surface area contributed by atoms with Crippen LogP contribution >= 0.6 is 0 Å². The molecule has 1 fully saturated rings. The number of benzene rings is 3. The molecule has 0 amide bonds. The van der Waals surface area contributed by atoms with E-state index in [1.165, 1.54) is 11.3 Å². The molecule has 0 unspecified atom stereocenters. The highest BCUT2D eigenvalue weighted by Gasteiger charge is 2.34. The number of carbonyl (C=O) groups excluding carboxylic acids is 1. The highest BCUT2D eigenvalue weighted by molar-refractivity contribution is 5.57. The summed E-state index contributed by atoms with van der Waals surface area (Å²) in [5, 5.41) is 9.99. The number of aldehydes is 1. The molecule has 170 valence electrons. The van der Waals surface area contributed by atoms with Crippen LogP contribution in [-0.4, -0.2) is 38.2 Å². The Kier molecular flexibility index (Phi) is 5.95. The molecule has 0 spiro atoms. The van der Waals surface area contributed by atoms with Crippen molar-refractivity contribution in [3.8, 4) is 17.2 Å². The normalized spacial score (nSPS) is 20.6. The number of piperidine rings is 1. The summed E-state index contributed by atoms with van der Waals surface area (Å²) in [6.07, 6.45) is 2.93. The van der Waals surface area contributed by atoms with E-state index in [0.29, 0.717) is 6.61 Å². The van der Waals surface area contributed by atoms with Crippen molar-refractivity contribution in [2.75, 3.05) is 31.7 Å². The van der Waals surface area contributed by atoms with Gasteiger partial charge in [0.2, 0.25) is 0 Å². The Morgan fingerprint density at radius 2 is 1.79 bits per heavy atom. The number of hydrogen-bond acceptors (Lipinski definition) is 5. The van der Waals surface area contributed by atoms with E-state index in [1.54, 1.807) is 19.2 Å². The molecule has 0 radical (unpaired) electrons. The van der Waals surface area contributed by atoms with Crippen LogP contribution in [0.25, 0.3) is 0 Å². The monoisotopic (exact) mass is 443 g/mol. The molecule has 3 aromatic rings. The summed E-state index contributed by atoms with van der Waals surface area (Å²) < 4.78 is 11.6. The minimum Gasteiger partial charge on any atom is -0.508 e. The van der Waals surface area contributed by atoms with E-state index in [4.69, 9.17) is 9.47 Å². The zero-order valence-electron chi connectivity index (χ0n) is 18.8. The van der Waals surface area contributed by atoms with Gasteiger partial charge in [0.05, 0.1) is 13.7 Å². The first kappa shape index (κ1) is 21.4. The van der Waals surface area contributed by atoms with Crippen LogP contribution in [0.3, 0.4) is 0 Å². The fourth-order valence-corrected chi connectivity index (χ4v) is 5.16. The third-order valence-electron chi connectivity index (χ3n) is 7.02. The Morgan fingerprint density at radius 3 is 2.52 bits per heavy atom. The third kappa shape index (κ3) is 4.28. The molecule has 2 atom stereocenters. The molecule has 2 aliphatic heterocycles. The SMILES string of the molecule is COc1cccc([C@H]2COc3cc(O)ccc3[C@H]2c2ccc(N3CCC(C=O)CC3)cc2)c1. The van der Waals surface area contributed by atoms with Crippen molar-refractivity contribution in [3.05, 3.63) is 83.4 Å². The van der Waals surface area contributed by atoms with Gasteiger partial charge in [-0.25, -0.2) is 0 Å². The Morgan fingerprint density at radius 1 is 1.00 bits per heavy atom. The maximum atomic E-state index is 11.1. The molecule has 5 rings (SSSR count). The number of rotatable bonds is 5. The first-order chi connectivity index (χ1) is 16.2. The van der Waals surface area contributed by atoms with Gasteiger partial charge in [0.25, 0.3) is 0 Å². The smallest absolute Gasteiger partial charge is 0.126 e. The zero-order chi connectivity index (χ0) is 22.8. The fraction of sp³-hybridized carbons (Fsp3) is 0.321. The van der Waals surface area contributed by atoms with Gasteiger partial charge in [-0.15, -0.1) is 0 Å². The molecule has 5 nitrogen and oxygen atoms in total. The molecular formula is C28H29NO4. The molecule has 1 N–H and O–H groups in total. The number of nitrogens with zero attached hydrogens (tertiary/aromatic N) is 1. The van der Waals surface area contributed by atoms with E-state index in [9.17, 15) is 9.90 Å². The number of phenolic OH excluding ortho intramolecular Hbond substituents is 1. The van der Waals surface area contributed by atoms with E-state index in [0.717, 1.165) is 54.8 Å². The molecule has 5 heteroatoms. The standard InChI is InChI=1S/C28H29NO4/c1-32-24-4-2-3-21(15-24)26-18-33-27-16-23(31)9-10-25(27)28(26)20-5-7-22(8-6-20)29-13-11-19(17-30)12-14-29/h2-10,15-17,19,26,28,31H,11-14,18H2,1H3/t26-,28-/m1/s1. The van der Waals surface area contributed by atoms with E-state index in [2.05, 4.69) is 41.3 Å². The second-order valence-electron chi connectivity index (χ2n) is 8.95. The lowest BCUT2D eigenvalue weighted by Gasteiger charge is -2.35. The van der Waals surface area contributed by atoms with E-state index < -0.39 is 0 Å². The van der Waals surface area contributed by atoms with Crippen LogP contribution in [0.2, 0.25) is 0 Å². The van der Waals surface area contributed by atoms with E-state index in [1.807, 2.05) is 18.2 Å². The van der Waals surface area contributed by atoms with Crippen molar-refractivity contribution < 1.29 is 19.4 Å². The Balaban J connectivity index is 1.49. The minimum atomic E-state index is 0.0938. The van der Waals surface area contributed by atoms with Crippen LogP contribution < -0.4 is 14.4 Å². The van der Waals surface area contributed by atoms with E-state index >= 15 is 0 Å². The van der Waals surface area contributed by atoms with Crippen LogP contribution in [0.1, 0.15) is 41.4 Å². The quantitative estimate of drug-likeness (QED) is 0.555. The number of aromatic hydroxyl groups is 1. The highest BCUT2D eigenvalue weighted by atomic mass is 16.5. The van der Waals surface area contributed by atoms with Crippen molar-refractivity contribution in [3.63, 3.8) is 0 Å². The first-order valence-electron chi connectivity index (χ1n) is 11.6. The maximum absolute atomic E-state index is 11.1. The molecule has 1 saturated heterocycles. The molecule has 0 aliphatic carbocycles. The molecule has 0 aromatic heterocycles. The molecule has 0 saturated carbocycles. The summed E-state index contributed by atoms with van der Waals surface area (Å²) in [5.41, 5.74) is 4.65. The number of fused-ring (bicyclic) bond motifs is 1.